The third-order valence-corrected chi connectivity index (χ3v) is 6.80. The highest BCUT2D eigenvalue weighted by Crippen LogP contribution is 2.22. The van der Waals surface area contributed by atoms with Crippen molar-refractivity contribution in [2.75, 3.05) is 17.5 Å². The summed E-state index contributed by atoms with van der Waals surface area (Å²) in [5, 5.41) is 17.1. The van der Waals surface area contributed by atoms with Crippen molar-refractivity contribution in [1.82, 2.24) is 15.6 Å². The highest BCUT2D eigenvalue weighted by molar-refractivity contribution is 7.91. The van der Waals surface area contributed by atoms with E-state index >= 15 is 0 Å². The topological polar surface area (TPSA) is 134 Å². The summed E-state index contributed by atoms with van der Waals surface area (Å²) in [6.07, 6.45) is 0.493. The number of carbonyl (C=O) groups excluding carboxylic acids is 1. The molecule has 2 atom stereocenters. The fourth-order valence-electron chi connectivity index (χ4n) is 4.10. The van der Waals surface area contributed by atoms with Gasteiger partial charge in [-0.25, -0.2) is 21.9 Å². The molecule has 0 unspecified atom stereocenters. The van der Waals surface area contributed by atoms with Crippen LogP contribution in [0.1, 0.15) is 53.7 Å². The number of carbonyl (C=O) groups is 1. The molecule has 0 aliphatic rings. The number of aryl methyl sites for hydroxylation is 2. The summed E-state index contributed by atoms with van der Waals surface area (Å²) in [7, 11) is -3.70. The molecule has 0 aliphatic heterocycles. The lowest BCUT2D eigenvalue weighted by Crippen LogP contribution is -2.51. The Labute approximate surface area is 227 Å². The van der Waals surface area contributed by atoms with Crippen LogP contribution in [0.25, 0.3) is 0 Å². The van der Waals surface area contributed by atoms with Crippen molar-refractivity contribution in [2.24, 2.45) is 0 Å². The predicted molar refractivity (Wildman–Crippen MR) is 144 cm³/mol. The molecule has 1 aromatic heterocycles. The third-order valence-electron chi connectivity index (χ3n) is 6.25. The van der Waals surface area contributed by atoms with Crippen LogP contribution in [0.3, 0.4) is 0 Å². The molecule has 0 aliphatic carbocycles. The molecule has 212 valence electrons. The van der Waals surface area contributed by atoms with E-state index in [9.17, 15) is 27.1 Å². The monoisotopic (exact) mass is 564 g/mol. The number of hydrogen-bond donors (Lipinski definition) is 4. The Balaban J connectivity index is 1.82. The number of oxazole rings is 1. The van der Waals surface area contributed by atoms with E-state index in [-0.39, 0.29) is 36.0 Å². The molecule has 2 aromatic carbocycles. The van der Waals surface area contributed by atoms with Crippen molar-refractivity contribution in [1.29, 1.82) is 0 Å². The van der Waals surface area contributed by atoms with Gasteiger partial charge in [-0.2, -0.15) is 4.98 Å². The van der Waals surface area contributed by atoms with Crippen LogP contribution in [0, 0.1) is 18.6 Å². The van der Waals surface area contributed by atoms with Gasteiger partial charge < -0.3 is 20.2 Å². The number of nitrogens with zero attached hydrogens (tertiary/aromatic N) is 1. The van der Waals surface area contributed by atoms with E-state index in [1.807, 2.05) is 32.0 Å². The zero-order chi connectivity index (χ0) is 29.0. The molecular formula is C27H34F2N4O5S. The van der Waals surface area contributed by atoms with Gasteiger partial charge >= 0.3 is 6.01 Å². The van der Waals surface area contributed by atoms with Crippen molar-refractivity contribution >= 4 is 21.9 Å². The fraction of sp³-hybridized carbons (Fsp3) is 0.407. The molecule has 12 heteroatoms. The second kappa shape index (κ2) is 12.2. The largest absolute Gasteiger partial charge is 0.428 e. The first-order valence-corrected chi connectivity index (χ1v) is 14.3. The number of benzene rings is 2. The molecule has 3 aromatic rings. The van der Waals surface area contributed by atoms with Gasteiger partial charge in [-0.1, -0.05) is 31.2 Å². The van der Waals surface area contributed by atoms with Crippen LogP contribution in [0.5, 0.6) is 0 Å². The number of halogens is 2. The molecule has 0 saturated heterocycles. The van der Waals surface area contributed by atoms with Crippen molar-refractivity contribution in [3.05, 3.63) is 82.2 Å². The van der Waals surface area contributed by atoms with Gasteiger partial charge in [-0.3, -0.25) is 4.79 Å². The fourth-order valence-corrected chi connectivity index (χ4v) is 4.50. The summed E-state index contributed by atoms with van der Waals surface area (Å²) in [4.78, 5) is 17.0. The minimum atomic E-state index is -3.70. The summed E-state index contributed by atoms with van der Waals surface area (Å²) in [5.41, 5.74) is 1.65. The third kappa shape index (κ3) is 8.57. The van der Waals surface area contributed by atoms with Crippen molar-refractivity contribution in [3.63, 3.8) is 0 Å². The van der Waals surface area contributed by atoms with Crippen LogP contribution < -0.4 is 15.4 Å². The quantitative estimate of drug-likeness (QED) is 0.265. The van der Waals surface area contributed by atoms with Crippen LogP contribution in [0.2, 0.25) is 0 Å². The van der Waals surface area contributed by atoms with Gasteiger partial charge in [0.15, 0.2) is 5.69 Å². The maximum absolute atomic E-state index is 13.9. The maximum atomic E-state index is 13.9. The first kappa shape index (κ1) is 30.2. The van der Waals surface area contributed by atoms with Gasteiger partial charge in [0, 0.05) is 18.2 Å². The SMILES string of the molecule is CCc1cccc(C(C)(C)NC[C@H](O)[C@H](Cc2cc(F)cc(F)c2)NC(=O)c2nc(NS(C)(=O)=O)oc2C)c1. The van der Waals surface area contributed by atoms with Crippen molar-refractivity contribution in [3.8, 4) is 0 Å². The van der Waals surface area contributed by atoms with E-state index in [4.69, 9.17) is 4.42 Å². The molecule has 0 saturated carbocycles. The molecule has 0 spiro atoms. The first-order chi connectivity index (χ1) is 18.2. The molecule has 1 amide bonds. The van der Waals surface area contributed by atoms with E-state index in [2.05, 4.69) is 33.3 Å². The number of anilines is 1. The highest BCUT2D eigenvalue weighted by Gasteiger charge is 2.28. The molecule has 0 radical (unpaired) electrons. The number of aromatic nitrogens is 1. The van der Waals surface area contributed by atoms with Crippen LogP contribution in [0.4, 0.5) is 14.8 Å². The average molecular weight is 565 g/mol. The number of aliphatic hydroxyl groups is 1. The summed E-state index contributed by atoms with van der Waals surface area (Å²) >= 11 is 0. The van der Waals surface area contributed by atoms with Gasteiger partial charge in [0.2, 0.25) is 10.0 Å². The molecule has 0 fully saturated rings. The van der Waals surface area contributed by atoms with Crippen LogP contribution in [-0.2, 0) is 28.4 Å². The molecule has 1 heterocycles. The van der Waals surface area contributed by atoms with Gasteiger partial charge in [0.1, 0.15) is 17.4 Å². The zero-order valence-electron chi connectivity index (χ0n) is 22.5. The Morgan fingerprint density at radius 2 is 1.79 bits per heavy atom. The van der Waals surface area contributed by atoms with E-state index in [1.165, 1.54) is 6.92 Å². The summed E-state index contributed by atoms with van der Waals surface area (Å²) < 4.78 is 58.0. The summed E-state index contributed by atoms with van der Waals surface area (Å²) in [6, 6.07) is 9.64. The minimum Gasteiger partial charge on any atom is -0.428 e. The number of nitrogens with one attached hydrogen (secondary N) is 3. The molecular weight excluding hydrogens is 530 g/mol. The van der Waals surface area contributed by atoms with E-state index < -0.39 is 45.2 Å². The van der Waals surface area contributed by atoms with Gasteiger partial charge in [-0.05, 0) is 62.4 Å². The first-order valence-electron chi connectivity index (χ1n) is 12.4. The van der Waals surface area contributed by atoms with E-state index in [0.717, 1.165) is 42.0 Å². The molecule has 39 heavy (non-hydrogen) atoms. The molecule has 9 nitrogen and oxygen atoms in total. The van der Waals surface area contributed by atoms with Crippen LogP contribution in [0.15, 0.2) is 46.9 Å². The lowest BCUT2D eigenvalue weighted by molar-refractivity contribution is 0.0808. The molecule has 0 bridgehead atoms. The Kier molecular flexibility index (Phi) is 9.47. The van der Waals surface area contributed by atoms with Crippen LogP contribution >= 0.6 is 0 Å². The van der Waals surface area contributed by atoms with Crippen LogP contribution in [-0.4, -0.2) is 49.4 Å². The van der Waals surface area contributed by atoms with Gasteiger partial charge in [-0.15, -0.1) is 0 Å². The predicted octanol–water partition coefficient (Wildman–Crippen LogP) is 3.42. The standard InChI is InChI=1S/C27H34F2N4O5S/c1-6-17-8-7-9-19(10-17)27(3,4)30-15-23(34)22(13-18-11-20(28)14-21(29)12-18)31-25(35)24-16(2)38-26(32-24)33-39(5,36)37/h7-12,14,22-23,30,34H,6,13,15H2,1-5H3,(H,31,35)(H,32,33)/t22-,23-/m0/s1. The number of aliphatic hydroxyl groups excluding tert-OH is 1. The van der Waals surface area contributed by atoms with E-state index in [1.54, 1.807) is 0 Å². The second-order valence-corrected chi connectivity index (χ2v) is 11.7. The number of rotatable bonds is 12. The second-order valence-electron chi connectivity index (χ2n) is 9.99. The molecule has 4 N–H and O–H groups in total. The van der Waals surface area contributed by atoms with Crippen molar-refractivity contribution in [2.45, 2.75) is 58.2 Å². The van der Waals surface area contributed by atoms with Crippen molar-refractivity contribution < 1.29 is 31.5 Å². The Hall–Kier alpha value is -3.35. The smallest absolute Gasteiger partial charge is 0.309 e. The summed E-state index contributed by atoms with van der Waals surface area (Å²) in [6.45, 7) is 7.43. The normalized spacial score (nSPS) is 13.6. The molecule has 3 rings (SSSR count). The van der Waals surface area contributed by atoms with Gasteiger partial charge in [0.05, 0.1) is 18.4 Å². The Morgan fingerprint density at radius 3 is 2.41 bits per heavy atom. The maximum Gasteiger partial charge on any atom is 0.309 e. The Morgan fingerprint density at radius 1 is 1.13 bits per heavy atom. The zero-order valence-corrected chi connectivity index (χ0v) is 23.3. The number of hydrogen-bond acceptors (Lipinski definition) is 7. The lowest BCUT2D eigenvalue weighted by Gasteiger charge is -2.31. The van der Waals surface area contributed by atoms with Gasteiger partial charge in [0.25, 0.3) is 5.91 Å². The minimum absolute atomic E-state index is 0.0325. The number of sulfonamides is 1. The number of amides is 1. The Bertz CT molecular complexity index is 1410. The lowest BCUT2D eigenvalue weighted by atomic mass is 9.91. The average Bonchev–Trinajstić information content (AvgIpc) is 3.19. The summed E-state index contributed by atoms with van der Waals surface area (Å²) in [5.74, 6) is -2.29. The highest BCUT2D eigenvalue weighted by atomic mass is 32.2. The van der Waals surface area contributed by atoms with E-state index in [0.29, 0.717) is 0 Å².